The lowest BCUT2D eigenvalue weighted by molar-refractivity contribution is 0.0512. The van der Waals surface area contributed by atoms with E-state index in [0.29, 0.717) is 23.2 Å². The topological polar surface area (TPSA) is 72.4 Å². The van der Waals surface area contributed by atoms with E-state index in [9.17, 15) is 0 Å². The molecule has 1 fully saturated rings. The molecule has 0 unspecified atom stereocenters. The van der Waals surface area contributed by atoms with Crippen molar-refractivity contribution < 1.29 is 9.47 Å². The number of rotatable bonds is 6. The van der Waals surface area contributed by atoms with Crippen LogP contribution in [0.15, 0.2) is 36.5 Å². The Morgan fingerprint density at radius 3 is 2.79 bits per heavy atom. The molecule has 0 aliphatic carbocycles. The van der Waals surface area contributed by atoms with Crippen molar-refractivity contribution in [2.75, 3.05) is 39.4 Å². The Morgan fingerprint density at radius 1 is 1.17 bits per heavy atom. The Balaban J connectivity index is 1.74. The van der Waals surface area contributed by atoms with Crippen LogP contribution >= 0.6 is 0 Å². The van der Waals surface area contributed by atoms with Crippen molar-refractivity contribution in [1.82, 2.24) is 20.1 Å². The summed E-state index contributed by atoms with van der Waals surface area (Å²) in [6.07, 6.45) is 4.14. The molecular formula is C22H27N5O2. The molecule has 1 aromatic carbocycles. The lowest BCUT2D eigenvalue weighted by Gasteiger charge is -2.30. The number of fused-ring (bicyclic) bond motifs is 1. The van der Waals surface area contributed by atoms with E-state index < -0.39 is 0 Å². The number of benzene rings is 1. The van der Waals surface area contributed by atoms with Gasteiger partial charge in [0.1, 0.15) is 11.4 Å². The minimum Gasteiger partial charge on any atom is -0.465 e. The average molecular weight is 393 g/mol. The van der Waals surface area contributed by atoms with Gasteiger partial charge in [0.25, 0.3) is 0 Å². The van der Waals surface area contributed by atoms with Gasteiger partial charge >= 0.3 is 0 Å². The molecule has 0 amide bonds. The molecule has 4 rings (SSSR count). The Bertz CT molecular complexity index is 994. The molecule has 152 valence electrons. The summed E-state index contributed by atoms with van der Waals surface area (Å²) in [5.74, 6) is 1.46. The number of pyridine rings is 1. The molecule has 7 nitrogen and oxygen atoms in total. The predicted molar refractivity (Wildman–Crippen MR) is 114 cm³/mol. The summed E-state index contributed by atoms with van der Waals surface area (Å²) in [5, 5.41) is 14.7. The van der Waals surface area contributed by atoms with E-state index in [-0.39, 0.29) is 6.79 Å². The molecule has 2 aromatic heterocycles. The van der Waals surface area contributed by atoms with Crippen molar-refractivity contribution in [3.05, 3.63) is 42.1 Å². The van der Waals surface area contributed by atoms with Crippen LogP contribution in [-0.2, 0) is 4.74 Å². The van der Waals surface area contributed by atoms with Crippen LogP contribution < -0.4 is 10.1 Å². The number of hydrogen-bond donors (Lipinski definition) is 1. The number of anilines is 1. The summed E-state index contributed by atoms with van der Waals surface area (Å²) < 4.78 is 10.8. The highest BCUT2D eigenvalue weighted by Gasteiger charge is 2.20. The molecule has 7 heteroatoms. The number of ether oxygens (including phenoxy) is 2. The van der Waals surface area contributed by atoms with Gasteiger partial charge < -0.3 is 19.7 Å². The van der Waals surface area contributed by atoms with Crippen molar-refractivity contribution in [2.24, 2.45) is 0 Å². The van der Waals surface area contributed by atoms with Crippen LogP contribution in [0, 0.1) is 6.92 Å². The average Bonchev–Trinajstić information content (AvgIpc) is 2.73. The Hall–Kier alpha value is -2.77. The van der Waals surface area contributed by atoms with Gasteiger partial charge in [0.15, 0.2) is 18.4 Å². The highest BCUT2D eigenvalue weighted by Crippen LogP contribution is 2.34. The summed E-state index contributed by atoms with van der Waals surface area (Å²) in [7, 11) is 3.76. The van der Waals surface area contributed by atoms with Gasteiger partial charge in [-0.3, -0.25) is 4.98 Å². The van der Waals surface area contributed by atoms with E-state index >= 15 is 0 Å². The largest absolute Gasteiger partial charge is 0.465 e. The Labute approximate surface area is 171 Å². The normalized spacial score (nSPS) is 17.4. The highest BCUT2D eigenvalue weighted by atomic mass is 16.7. The van der Waals surface area contributed by atoms with Gasteiger partial charge in [-0.1, -0.05) is 24.3 Å². The summed E-state index contributed by atoms with van der Waals surface area (Å²) >= 11 is 0. The molecule has 0 spiro atoms. The van der Waals surface area contributed by atoms with Gasteiger partial charge in [0.05, 0.1) is 0 Å². The van der Waals surface area contributed by atoms with Crippen molar-refractivity contribution in [3.8, 4) is 17.1 Å². The lowest BCUT2D eigenvalue weighted by atomic mass is 10.0. The standard InChI is InChI=1S/C22H27N5O2/c1-15-11-19(29-14-28-3)21(23-12-15)20-17-8-4-5-9-18(17)22(26-25-20)24-16-7-6-10-27(2)13-16/h4-5,8-9,11-12,16H,6-7,10,13-14H2,1-3H3,(H,24,26)/t16-/m1/s1. The second-order valence-corrected chi connectivity index (χ2v) is 7.60. The maximum atomic E-state index is 5.76. The zero-order valence-electron chi connectivity index (χ0n) is 17.2. The number of nitrogens with zero attached hydrogens (tertiary/aromatic N) is 4. The number of aryl methyl sites for hydroxylation is 1. The summed E-state index contributed by atoms with van der Waals surface area (Å²) in [6, 6.07) is 10.5. The van der Waals surface area contributed by atoms with E-state index in [1.807, 2.05) is 31.3 Å². The van der Waals surface area contributed by atoms with E-state index in [4.69, 9.17) is 9.47 Å². The number of likely N-dealkylation sites (tertiary alicyclic amines) is 1. The number of methoxy groups -OCH3 is 1. The fraction of sp³-hybridized carbons (Fsp3) is 0.409. The van der Waals surface area contributed by atoms with E-state index in [1.165, 1.54) is 6.42 Å². The number of likely N-dealkylation sites (N-methyl/N-ethyl adjacent to an activating group) is 1. The van der Waals surface area contributed by atoms with Crippen LogP contribution in [0.2, 0.25) is 0 Å². The Morgan fingerprint density at radius 2 is 2.00 bits per heavy atom. The molecule has 1 N–H and O–H groups in total. The van der Waals surface area contributed by atoms with Crippen LogP contribution in [0.4, 0.5) is 5.82 Å². The Kier molecular flexibility index (Phi) is 5.87. The van der Waals surface area contributed by atoms with Gasteiger partial charge in [0, 0.05) is 36.7 Å². The van der Waals surface area contributed by atoms with Gasteiger partial charge in [0.2, 0.25) is 0 Å². The van der Waals surface area contributed by atoms with Gasteiger partial charge in [-0.15, -0.1) is 10.2 Å². The van der Waals surface area contributed by atoms with Crippen LogP contribution in [0.25, 0.3) is 22.2 Å². The lowest BCUT2D eigenvalue weighted by Crippen LogP contribution is -2.40. The number of aromatic nitrogens is 3. The van der Waals surface area contributed by atoms with E-state index in [1.54, 1.807) is 7.11 Å². The zero-order chi connectivity index (χ0) is 20.2. The van der Waals surface area contributed by atoms with Gasteiger partial charge in [-0.25, -0.2) is 0 Å². The molecule has 1 aliphatic rings. The van der Waals surface area contributed by atoms with E-state index in [0.717, 1.165) is 41.7 Å². The maximum absolute atomic E-state index is 5.76. The van der Waals surface area contributed by atoms with Crippen molar-refractivity contribution in [3.63, 3.8) is 0 Å². The SMILES string of the molecule is COCOc1cc(C)cnc1-c1nnc(N[C@@H]2CCCN(C)C2)c2ccccc12. The third-order valence-electron chi connectivity index (χ3n) is 5.20. The summed E-state index contributed by atoms with van der Waals surface area (Å²) in [6.45, 7) is 4.28. The first-order valence-electron chi connectivity index (χ1n) is 9.95. The van der Waals surface area contributed by atoms with Crippen LogP contribution in [0.5, 0.6) is 5.75 Å². The number of hydrogen-bond acceptors (Lipinski definition) is 7. The quantitative estimate of drug-likeness (QED) is 0.643. The molecule has 1 atom stereocenters. The first-order valence-corrected chi connectivity index (χ1v) is 9.95. The minimum atomic E-state index is 0.151. The molecule has 0 bridgehead atoms. The van der Waals surface area contributed by atoms with Crippen LogP contribution in [0.3, 0.4) is 0 Å². The highest BCUT2D eigenvalue weighted by molar-refractivity contribution is 6.00. The molecule has 0 radical (unpaired) electrons. The fourth-order valence-corrected chi connectivity index (χ4v) is 3.82. The van der Waals surface area contributed by atoms with Gasteiger partial charge in [-0.05, 0) is 45.0 Å². The monoisotopic (exact) mass is 393 g/mol. The second kappa shape index (κ2) is 8.71. The molecule has 29 heavy (non-hydrogen) atoms. The number of nitrogens with one attached hydrogen (secondary N) is 1. The number of piperidine rings is 1. The first-order chi connectivity index (χ1) is 14.2. The molecule has 1 aliphatic heterocycles. The zero-order valence-corrected chi connectivity index (χ0v) is 17.2. The fourth-order valence-electron chi connectivity index (χ4n) is 3.82. The second-order valence-electron chi connectivity index (χ2n) is 7.60. The summed E-state index contributed by atoms with van der Waals surface area (Å²) in [5.41, 5.74) is 2.38. The van der Waals surface area contributed by atoms with Gasteiger partial charge in [-0.2, -0.15) is 0 Å². The molecule has 0 saturated carbocycles. The third-order valence-corrected chi connectivity index (χ3v) is 5.20. The van der Waals surface area contributed by atoms with Crippen LogP contribution in [-0.4, -0.2) is 60.2 Å². The molecule has 3 heterocycles. The molecule has 3 aromatic rings. The van der Waals surface area contributed by atoms with Crippen molar-refractivity contribution in [1.29, 1.82) is 0 Å². The van der Waals surface area contributed by atoms with Crippen molar-refractivity contribution in [2.45, 2.75) is 25.8 Å². The predicted octanol–water partition coefficient (Wildman–Crippen LogP) is 3.49. The smallest absolute Gasteiger partial charge is 0.188 e. The molecular weight excluding hydrogens is 366 g/mol. The van der Waals surface area contributed by atoms with E-state index in [2.05, 4.69) is 44.6 Å². The maximum Gasteiger partial charge on any atom is 0.188 e. The van der Waals surface area contributed by atoms with Crippen LogP contribution in [0.1, 0.15) is 18.4 Å². The minimum absolute atomic E-state index is 0.151. The summed E-state index contributed by atoms with van der Waals surface area (Å²) in [4.78, 5) is 6.94. The molecule has 1 saturated heterocycles. The third kappa shape index (κ3) is 4.31. The van der Waals surface area contributed by atoms with Crippen molar-refractivity contribution >= 4 is 16.6 Å². The first kappa shape index (κ1) is 19.5.